The lowest BCUT2D eigenvalue weighted by Crippen LogP contribution is -2.25. The van der Waals surface area contributed by atoms with Gasteiger partial charge < -0.3 is 10.2 Å². The van der Waals surface area contributed by atoms with Gasteiger partial charge in [0.25, 0.3) is 6.43 Å². The second kappa shape index (κ2) is 6.32. The Morgan fingerprint density at radius 1 is 1.44 bits per heavy atom. The van der Waals surface area contributed by atoms with Crippen LogP contribution in [-0.4, -0.2) is 36.5 Å². The molecular weight excluding hydrogens is 214 g/mol. The number of aromatic nitrogens is 2. The molecule has 1 heterocycles. The summed E-state index contributed by atoms with van der Waals surface area (Å²) in [5.41, 5.74) is 0.750. The molecule has 1 rings (SSSR count). The highest BCUT2D eigenvalue weighted by Gasteiger charge is 2.10. The highest BCUT2D eigenvalue weighted by Crippen LogP contribution is 2.09. The summed E-state index contributed by atoms with van der Waals surface area (Å²) in [6.45, 7) is 3.08. The summed E-state index contributed by atoms with van der Waals surface area (Å²) in [7, 11) is 1.58. The minimum absolute atomic E-state index is 0.334. The Labute approximate surface area is 93.7 Å². The Kier molecular flexibility index (Phi) is 5.04. The van der Waals surface area contributed by atoms with Crippen LogP contribution in [0, 0.1) is 0 Å². The zero-order valence-electron chi connectivity index (χ0n) is 9.45. The molecule has 0 aliphatic rings. The summed E-state index contributed by atoms with van der Waals surface area (Å²) in [5, 5.41) is 3.10. The number of rotatable bonds is 6. The van der Waals surface area contributed by atoms with Gasteiger partial charge in [0.15, 0.2) is 0 Å². The third-order valence-corrected chi connectivity index (χ3v) is 2.03. The highest BCUT2D eigenvalue weighted by atomic mass is 19.3. The summed E-state index contributed by atoms with van der Waals surface area (Å²) >= 11 is 0. The van der Waals surface area contributed by atoms with Gasteiger partial charge in [0, 0.05) is 19.8 Å². The molecule has 0 aromatic carbocycles. The van der Waals surface area contributed by atoms with E-state index in [0.29, 0.717) is 12.4 Å². The molecule has 0 aliphatic heterocycles. The summed E-state index contributed by atoms with van der Waals surface area (Å²) in [4.78, 5) is 9.60. The summed E-state index contributed by atoms with van der Waals surface area (Å²) in [6.07, 6.45) is 0.740. The van der Waals surface area contributed by atoms with E-state index in [1.54, 1.807) is 13.2 Å². The Hall–Kier alpha value is -1.30. The topological polar surface area (TPSA) is 41.1 Å². The van der Waals surface area contributed by atoms with Crippen molar-refractivity contribution in [1.29, 1.82) is 0 Å². The first kappa shape index (κ1) is 12.8. The first-order chi connectivity index (χ1) is 7.63. The minimum Gasteiger partial charge on any atom is -0.353 e. The Morgan fingerprint density at radius 2 is 2.19 bits per heavy atom. The van der Waals surface area contributed by atoms with Crippen molar-refractivity contribution in [3.05, 3.63) is 18.1 Å². The maximum absolute atomic E-state index is 12.2. The van der Waals surface area contributed by atoms with E-state index in [1.165, 1.54) is 11.1 Å². The molecule has 0 aliphatic carbocycles. The van der Waals surface area contributed by atoms with Crippen LogP contribution >= 0.6 is 0 Å². The van der Waals surface area contributed by atoms with Crippen molar-refractivity contribution in [3.8, 4) is 0 Å². The molecule has 0 saturated heterocycles. The quantitative estimate of drug-likeness (QED) is 0.799. The lowest BCUT2D eigenvalue weighted by Gasteiger charge is -2.17. The molecule has 0 bridgehead atoms. The Morgan fingerprint density at radius 3 is 2.81 bits per heavy atom. The molecule has 0 unspecified atom stereocenters. The zero-order valence-corrected chi connectivity index (χ0v) is 9.45. The number of hydrogen-bond donors (Lipinski definition) is 1. The number of alkyl halides is 2. The van der Waals surface area contributed by atoms with Gasteiger partial charge >= 0.3 is 0 Å². The second-order valence-corrected chi connectivity index (χ2v) is 3.42. The van der Waals surface area contributed by atoms with Gasteiger partial charge in [-0.3, -0.25) is 4.98 Å². The average molecular weight is 230 g/mol. The SMILES string of the molecule is CCNCc1cncc(N(C)CC(F)F)n1. The molecule has 16 heavy (non-hydrogen) atoms. The van der Waals surface area contributed by atoms with Crippen molar-refractivity contribution in [1.82, 2.24) is 15.3 Å². The second-order valence-electron chi connectivity index (χ2n) is 3.42. The third-order valence-electron chi connectivity index (χ3n) is 2.03. The molecule has 0 amide bonds. The average Bonchev–Trinajstić information content (AvgIpc) is 2.26. The summed E-state index contributed by atoms with van der Waals surface area (Å²) < 4.78 is 24.3. The van der Waals surface area contributed by atoms with Crippen molar-refractivity contribution >= 4 is 5.82 Å². The van der Waals surface area contributed by atoms with Gasteiger partial charge in [-0.25, -0.2) is 13.8 Å². The molecule has 1 N–H and O–H groups in total. The predicted octanol–water partition coefficient (Wildman–Crippen LogP) is 1.29. The number of hydrogen-bond acceptors (Lipinski definition) is 4. The van der Waals surface area contributed by atoms with E-state index < -0.39 is 6.43 Å². The summed E-state index contributed by atoms with van der Waals surface area (Å²) in [5.74, 6) is 0.468. The van der Waals surface area contributed by atoms with Gasteiger partial charge in [-0.05, 0) is 6.54 Å². The number of nitrogens with one attached hydrogen (secondary N) is 1. The lowest BCUT2D eigenvalue weighted by atomic mass is 10.4. The molecule has 1 aromatic heterocycles. The van der Waals surface area contributed by atoms with Crippen LogP contribution in [0.3, 0.4) is 0 Å². The van der Waals surface area contributed by atoms with Crippen molar-refractivity contribution in [2.24, 2.45) is 0 Å². The smallest absolute Gasteiger partial charge is 0.255 e. The fourth-order valence-corrected chi connectivity index (χ4v) is 1.22. The van der Waals surface area contributed by atoms with Crippen LogP contribution in [0.15, 0.2) is 12.4 Å². The van der Waals surface area contributed by atoms with Gasteiger partial charge in [0.05, 0.1) is 18.4 Å². The van der Waals surface area contributed by atoms with Gasteiger partial charge in [0.1, 0.15) is 5.82 Å². The number of halogens is 2. The van der Waals surface area contributed by atoms with E-state index in [9.17, 15) is 8.78 Å². The van der Waals surface area contributed by atoms with Crippen LogP contribution in [0.25, 0.3) is 0 Å². The van der Waals surface area contributed by atoms with E-state index in [-0.39, 0.29) is 6.54 Å². The molecule has 0 atom stereocenters. The fraction of sp³-hybridized carbons (Fsp3) is 0.600. The van der Waals surface area contributed by atoms with E-state index in [1.807, 2.05) is 6.92 Å². The van der Waals surface area contributed by atoms with Crippen LogP contribution in [0.5, 0.6) is 0 Å². The molecule has 4 nitrogen and oxygen atoms in total. The molecule has 6 heteroatoms. The first-order valence-electron chi connectivity index (χ1n) is 5.14. The lowest BCUT2D eigenvalue weighted by molar-refractivity contribution is 0.156. The van der Waals surface area contributed by atoms with Gasteiger partial charge in [-0.2, -0.15) is 0 Å². The van der Waals surface area contributed by atoms with Crippen LogP contribution in [-0.2, 0) is 6.54 Å². The monoisotopic (exact) mass is 230 g/mol. The molecular formula is C10H16F2N4. The third kappa shape index (κ3) is 4.06. The number of anilines is 1. The Balaban J connectivity index is 2.65. The molecule has 0 spiro atoms. The molecule has 0 fully saturated rings. The minimum atomic E-state index is -2.37. The molecule has 0 saturated carbocycles. The largest absolute Gasteiger partial charge is 0.353 e. The standard InChI is InChI=1S/C10H16F2N4/c1-3-13-4-8-5-14-6-10(15-8)16(2)7-9(11)12/h5-6,9,13H,3-4,7H2,1-2H3. The normalized spacial score (nSPS) is 10.8. The van der Waals surface area contributed by atoms with Crippen molar-refractivity contribution in [2.45, 2.75) is 19.9 Å². The van der Waals surface area contributed by atoms with Gasteiger partial charge in [-0.15, -0.1) is 0 Å². The zero-order chi connectivity index (χ0) is 12.0. The van der Waals surface area contributed by atoms with E-state index in [0.717, 1.165) is 12.2 Å². The van der Waals surface area contributed by atoms with Gasteiger partial charge in [0.2, 0.25) is 0 Å². The van der Waals surface area contributed by atoms with Crippen LogP contribution in [0.2, 0.25) is 0 Å². The molecule has 90 valence electrons. The highest BCUT2D eigenvalue weighted by molar-refractivity contribution is 5.35. The maximum atomic E-state index is 12.2. The van der Waals surface area contributed by atoms with Crippen LogP contribution < -0.4 is 10.2 Å². The van der Waals surface area contributed by atoms with Crippen LogP contribution in [0.1, 0.15) is 12.6 Å². The maximum Gasteiger partial charge on any atom is 0.255 e. The van der Waals surface area contributed by atoms with E-state index in [2.05, 4.69) is 15.3 Å². The molecule has 0 radical (unpaired) electrons. The van der Waals surface area contributed by atoms with E-state index >= 15 is 0 Å². The predicted molar refractivity (Wildman–Crippen MR) is 58.7 cm³/mol. The molecule has 1 aromatic rings. The first-order valence-corrected chi connectivity index (χ1v) is 5.14. The Bertz CT molecular complexity index is 319. The van der Waals surface area contributed by atoms with Gasteiger partial charge in [-0.1, -0.05) is 6.92 Å². The van der Waals surface area contributed by atoms with Crippen LogP contribution in [0.4, 0.5) is 14.6 Å². The van der Waals surface area contributed by atoms with Crippen molar-refractivity contribution in [2.75, 3.05) is 25.0 Å². The number of nitrogens with zero attached hydrogens (tertiary/aromatic N) is 3. The van der Waals surface area contributed by atoms with Crippen molar-refractivity contribution < 1.29 is 8.78 Å². The van der Waals surface area contributed by atoms with E-state index in [4.69, 9.17) is 0 Å². The van der Waals surface area contributed by atoms with Crippen molar-refractivity contribution in [3.63, 3.8) is 0 Å². The summed E-state index contributed by atoms with van der Waals surface area (Å²) in [6, 6.07) is 0. The fourth-order valence-electron chi connectivity index (χ4n) is 1.22.